The second-order valence-corrected chi connectivity index (χ2v) is 10.0. The van der Waals surface area contributed by atoms with E-state index in [4.69, 9.17) is 9.94 Å². The normalized spacial score (nSPS) is 16.7. The van der Waals surface area contributed by atoms with E-state index in [1.54, 1.807) is 12.1 Å². The lowest BCUT2D eigenvalue weighted by atomic mass is 10.1. The third-order valence-electron chi connectivity index (χ3n) is 5.73. The van der Waals surface area contributed by atoms with Gasteiger partial charge in [-0.05, 0) is 55.0 Å². The third kappa shape index (κ3) is 5.88. The van der Waals surface area contributed by atoms with Crippen molar-refractivity contribution in [1.29, 1.82) is 0 Å². The minimum absolute atomic E-state index is 0.0226. The van der Waals surface area contributed by atoms with Gasteiger partial charge in [-0.25, -0.2) is 18.2 Å². The molecule has 9 heteroatoms. The van der Waals surface area contributed by atoms with Crippen molar-refractivity contribution >= 4 is 15.9 Å². The fraction of sp³-hybridized carbons (Fsp3) is 0.455. The first-order valence-corrected chi connectivity index (χ1v) is 11.8. The fourth-order valence-electron chi connectivity index (χ4n) is 3.72. The van der Waals surface area contributed by atoms with Crippen LogP contribution >= 0.6 is 0 Å². The third-order valence-corrected chi connectivity index (χ3v) is 7.97. The van der Waals surface area contributed by atoms with Crippen LogP contribution in [-0.4, -0.2) is 48.0 Å². The van der Waals surface area contributed by atoms with Crippen molar-refractivity contribution in [3.05, 3.63) is 65.0 Å². The summed E-state index contributed by atoms with van der Waals surface area (Å²) >= 11 is 0. The molecule has 8 nitrogen and oxygen atoms in total. The van der Waals surface area contributed by atoms with Crippen LogP contribution in [-0.2, 0) is 26.2 Å². The van der Waals surface area contributed by atoms with Gasteiger partial charge in [-0.2, -0.15) is 0 Å². The van der Waals surface area contributed by atoms with Crippen molar-refractivity contribution in [3.8, 4) is 0 Å². The molecule has 1 amide bonds. The molecule has 0 spiro atoms. The molecule has 0 saturated carbocycles. The van der Waals surface area contributed by atoms with E-state index in [0.29, 0.717) is 38.1 Å². The molecule has 0 radical (unpaired) electrons. The monoisotopic (exact) mass is 447 g/mol. The summed E-state index contributed by atoms with van der Waals surface area (Å²) in [7, 11) is -3.82. The molecular weight excluding hydrogens is 418 g/mol. The molecular formula is C22H29N3O5S. The quantitative estimate of drug-likeness (QED) is 0.476. The van der Waals surface area contributed by atoms with Crippen LogP contribution < -0.4 is 5.48 Å². The number of ether oxygens (including phenoxy) is 1. The Hall–Kier alpha value is -2.33. The summed E-state index contributed by atoms with van der Waals surface area (Å²) in [5, 5.41) is 7.78. The first-order valence-electron chi connectivity index (χ1n) is 10.3. The summed E-state index contributed by atoms with van der Waals surface area (Å²) in [5.41, 5.74) is 5.50. The first kappa shape index (κ1) is 23.3. The Labute approximate surface area is 183 Å². The molecule has 31 heavy (non-hydrogen) atoms. The average molecular weight is 448 g/mol. The lowest BCUT2D eigenvalue weighted by Gasteiger charge is -2.33. The van der Waals surface area contributed by atoms with Crippen LogP contribution in [0, 0.1) is 13.8 Å². The number of aromatic nitrogens is 1. The van der Waals surface area contributed by atoms with E-state index in [0.717, 1.165) is 5.56 Å². The number of hydrogen-bond donors (Lipinski definition) is 2. The highest BCUT2D eigenvalue weighted by Crippen LogP contribution is 2.31. The van der Waals surface area contributed by atoms with Crippen LogP contribution in [0.3, 0.4) is 0 Å². The summed E-state index contributed by atoms with van der Waals surface area (Å²) in [6.07, 6.45) is 3.73. The highest BCUT2D eigenvalue weighted by Gasteiger charge is 2.37. The fourth-order valence-corrected chi connectivity index (χ4v) is 5.64. The minimum Gasteiger partial charge on any atom is -0.373 e. The Morgan fingerprint density at radius 2 is 2.00 bits per heavy atom. The second-order valence-electron chi connectivity index (χ2n) is 7.89. The molecule has 1 aliphatic heterocycles. The molecule has 2 aromatic rings. The minimum atomic E-state index is -3.82. The number of sulfonamides is 1. The van der Waals surface area contributed by atoms with Gasteiger partial charge in [-0.3, -0.25) is 15.0 Å². The van der Waals surface area contributed by atoms with E-state index >= 15 is 0 Å². The van der Waals surface area contributed by atoms with E-state index in [9.17, 15) is 13.2 Å². The summed E-state index contributed by atoms with van der Waals surface area (Å²) in [6.45, 7) is 5.26. The van der Waals surface area contributed by atoms with Crippen LogP contribution in [0.1, 0.15) is 46.8 Å². The van der Waals surface area contributed by atoms with E-state index < -0.39 is 21.2 Å². The number of aryl methyl sites for hydroxylation is 2. The van der Waals surface area contributed by atoms with E-state index in [2.05, 4.69) is 31.0 Å². The van der Waals surface area contributed by atoms with Gasteiger partial charge in [0.15, 0.2) is 0 Å². The van der Waals surface area contributed by atoms with Crippen molar-refractivity contribution < 1.29 is 23.2 Å². The number of pyridine rings is 1. The van der Waals surface area contributed by atoms with Crippen molar-refractivity contribution in [2.75, 3.05) is 13.1 Å². The highest BCUT2D eigenvalue weighted by molar-refractivity contribution is 7.89. The molecule has 0 unspecified atom stereocenters. The van der Waals surface area contributed by atoms with Crippen molar-refractivity contribution in [1.82, 2.24) is 14.8 Å². The number of piperidine rings is 1. The van der Waals surface area contributed by atoms with Gasteiger partial charge in [0.05, 0.1) is 19.1 Å². The maximum Gasteiger partial charge on any atom is 0.245 e. The van der Waals surface area contributed by atoms with E-state index in [-0.39, 0.29) is 12.5 Å². The Morgan fingerprint density at radius 1 is 1.26 bits per heavy atom. The lowest BCUT2D eigenvalue weighted by Crippen LogP contribution is -2.43. The molecule has 1 atom stereocenters. The molecule has 1 aromatic carbocycles. The van der Waals surface area contributed by atoms with Crippen molar-refractivity contribution in [2.24, 2.45) is 0 Å². The van der Waals surface area contributed by atoms with Gasteiger partial charge in [0, 0.05) is 25.5 Å². The summed E-state index contributed by atoms with van der Waals surface area (Å²) in [4.78, 5) is 15.7. The molecule has 168 valence electrons. The molecule has 0 aliphatic carbocycles. The Morgan fingerprint density at radius 3 is 2.61 bits per heavy atom. The molecule has 1 fully saturated rings. The van der Waals surface area contributed by atoms with Crippen molar-refractivity contribution in [2.45, 2.75) is 51.1 Å². The highest BCUT2D eigenvalue weighted by atomic mass is 32.2. The zero-order valence-corrected chi connectivity index (χ0v) is 18.6. The summed E-state index contributed by atoms with van der Waals surface area (Å²) < 4.78 is 34.0. The topological polar surface area (TPSA) is 109 Å². The average Bonchev–Trinajstić information content (AvgIpc) is 2.78. The zero-order chi connectivity index (χ0) is 22.4. The number of carbonyl (C=O) groups is 1. The SMILES string of the molecule is Cc1ccc(COC2CCN(S(=O)(=O)[C@H](CC(=O)NO)c3cccnc3)CC2)cc1C. The maximum absolute atomic E-state index is 13.3. The number of nitrogens with zero attached hydrogens (tertiary/aromatic N) is 2. The van der Waals surface area contributed by atoms with Gasteiger partial charge >= 0.3 is 0 Å². The van der Waals surface area contributed by atoms with E-state index in [1.165, 1.54) is 33.3 Å². The maximum atomic E-state index is 13.3. The predicted octanol–water partition coefficient (Wildman–Crippen LogP) is 2.65. The van der Waals surface area contributed by atoms with Gasteiger partial charge < -0.3 is 4.74 Å². The standard InChI is InChI=1S/C22H29N3O5S/c1-16-5-6-18(12-17(16)2)15-30-20-7-10-25(11-8-20)31(28,29)21(13-22(26)24-27)19-4-3-9-23-14-19/h3-6,9,12,14,20-21,27H,7-8,10-11,13,15H2,1-2H3,(H,24,26)/t21-/m1/s1. The summed E-state index contributed by atoms with van der Waals surface area (Å²) in [5.74, 6) is -0.760. The van der Waals surface area contributed by atoms with E-state index in [1.807, 2.05) is 6.07 Å². The van der Waals surface area contributed by atoms with Gasteiger partial charge in [-0.15, -0.1) is 0 Å². The lowest BCUT2D eigenvalue weighted by molar-refractivity contribution is -0.129. The number of amides is 1. The molecule has 1 saturated heterocycles. The van der Waals surface area contributed by atoms with Gasteiger partial charge in [0.1, 0.15) is 5.25 Å². The predicted molar refractivity (Wildman–Crippen MR) is 116 cm³/mol. The number of benzene rings is 1. The number of hydroxylamine groups is 1. The van der Waals surface area contributed by atoms with Gasteiger partial charge in [-0.1, -0.05) is 24.3 Å². The largest absolute Gasteiger partial charge is 0.373 e. The molecule has 2 N–H and O–H groups in total. The van der Waals surface area contributed by atoms with Crippen LogP contribution in [0.2, 0.25) is 0 Å². The van der Waals surface area contributed by atoms with Gasteiger partial charge in [0.25, 0.3) is 0 Å². The Balaban J connectivity index is 1.63. The Bertz CT molecular complexity index is 989. The molecule has 1 aromatic heterocycles. The number of nitrogens with one attached hydrogen (secondary N) is 1. The number of hydrogen-bond acceptors (Lipinski definition) is 6. The zero-order valence-electron chi connectivity index (χ0n) is 17.8. The molecule has 3 rings (SSSR count). The number of rotatable bonds is 8. The smallest absolute Gasteiger partial charge is 0.245 e. The summed E-state index contributed by atoms with van der Waals surface area (Å²) in [6, 6.07) is 9.48. The molecule has 0 bridgehead atoms. The van der Waals surface area contributed by atoms with Gasteiger partial charge in [0.2, 0.25) is 15.9 Å². The second kappa shape index (κ2) is 10.3. The Kier molecular flexibility index (Phi) is 7.77. The number of carbonyl (C=O) groups excluding carboxylic acids is 1. The van der Waals surface area contributed by atoms with Crippen LogP contribution in [0.4, 0.5) is 0 Å². The molecule has 2 heterocycles. The molecule has 1 aliphatic rings. The van der Waals surface area contributed by atoms with Crippen LogP contribution in [0.15, 0.2) is 42.7 Å². The van der Waals surface area contributed by atoms with Crippen molar-refractivity contribution in [3.63, 3.8) is 0 Å². The first-order chi connectivity index (χ1) is 14.8. The van der Waals surface area contributed by atoms with Crippen LogP contribution in [0.5, 0.6) is 0 Å². The van der Waals surface area contributed by atoms with Crippen LogP contribution in [0.25, 0.3) is 0 Å².